The predicted octanol–water partition coefficient (Wildman–Crippen LogP) is 4.08. The van der Waals surface area contributed by atoms with Crippen LogP contribution in [0.3, 0.4) is 0 Å². The average Bonchev–Trinajstić information content (AvgIpc) is 2.84. The van der Waals surface area contributed by atoms with Crippen molar-refractivity contribution in [1.29, 1.82) is 0 Å². The van der Waals surface area contributed by atoms with Crippen molar-refractivity contribution in [2.45, 2.75) is 13.3 Å². The topological polar surface area (TPSA) is 25.0 Å². The maximum atomic E-state index is 5.27. The molecule has 0 atom stereocenters. The van der Waals surface area contributed by atoms with Gasteiger partial charge >= 0.3 is 0 Å². The Morgan fingerprint density at radius 3 is 2.79 bits per heavy atom. The summed E-state index contributed by atoms with van der Waals surface area (Å²) in [5.41, 5.74) is 5.11. The fourth-order valence-electron chi connectivity index (χ4n) is 2.51. The fourth-order valence-corrected chi connectivity index (χ4v) is 2.51. The molecule has 0 aliphatic heterocycles. The Morgan fingerprint density at radius 2 is 1.95 bits per heavy atom. The summed E-state index contributed by atoms with van der Waals surface area (Å²) in [6.07, 6.45) is 3.03. The standard InChI is InChI=1S/C17H17NO/c1-12-5-3-8-16-14(11-18-17(12)16)9-13-6-4-7-15(10-13)19-2/h3-8,10-11,18H,9H2,1-2H3. The van der Waals surface area contributed by atoms with Gasteiger partial charge in [-0.05, 0) is 42.2 Å². The molecule has 1 N–H and O–H groups in total. The number of aromatic amines is 1. The van der Waals surface area contributed by atoms with Gasteiger partial charge in [-0.2, -0.15) is 0 Å². The molecule has 2 aromatic carbocycles. The number of benzene rings is 2. The van der Waals surface area contributed by atoms with Crippen LogP contribution in [-0.4, -0.2) is 12.1 Å². The van der Waals surface area contributed by atoms with E-state index in [0.717, 1.165) is 12.2 Å². The molecule has 0 saturated carbocycles. The number of ether oxygens (including phenoxy) is 1. The molecule has 2 nitrogen and oxygen atoms in total. The van der Waals surface area contributed by atoms with Crippen LogP contribution in [0.2, 0.25) is 0 Å². The number of H-pyrrole nitrogens is 1. The first-order chi connectivity index (χ1) is 9.28. The summed E-state index contributed by atoms with van der Waals surface area (Å²) in [6.45, 7) is 2.13. The highest BCUT2D eigenvalue weighted by molar-refractivity contribution is 5.86. The summed E-state index contributed by atoms with van der Waals surface area (Å²) in [6, 6.07) is 14.7. The second-order valence-electron chi connectivity index (χ2n) is 4.84. The smallest absolute Gasteiger partial charge is 0.119 e. The van der Waals surface area contributed by atoms with Crippen molar-refractivity contribution in [3.63, 3.8) is 0 Å². The van der Waals surface area contributed by atoms with Crippen LogP contribution < -0.4 is 4.74 Å². The highest BCUT2D eigenvalue weighted by Gasteiger charge is 2.06. The van der Waals surface area contributed by atoms with Gasteiger partial charge in [0.2, 0.25) is 0 Å². The second-order valence-corrected chi connectivity index (χ2v) is 4.84. The number of para-hydroxylation sites is 1. The summed E-state index contributed by atoms with van der Waals surface area (Å²) in [7, 11) is 1.70. The van der Waals surface area contributed by atoms with Crippen molar-refractivity contribution in [1.82, 2.24) is 4.98 Å². The molecule has 1 aromatic heterocycles. The van der Waals surface area contributed by atoms with Crippen LogP contribution in [-0.2, 0) is 6.42 Å². The molecule has 0 aliphatic carbocycles. The van der Waals surface area contributed by atoms with Gasteiger partial charge in [0.1, 0.15) is 5.75 Å². The van der Waals surface area contributed by atoms with E-state index in [1.165, 1.54) is 27.6 Å². The minimum atomic E-state index is 0.911. The third-order valence-corrected chi connectivity index (χ3v) is 3.54. The molecule has 0 saturated heterocycles. The molecule has 0 fully saturated rings. The zero-order valence-electron chi connectivity index (χ0n) is 11.2. The van der Waals surface area contributed by atoms with Crippen molar-refractivity contribution in [3.05, 3.63) is 65.4 Å². The largest absolute Gasteiger partial charge is 0.497 e. The van der Waals surface area contributed by atoms with E-state index < -0.39 is 0 Å². The molecule has 0 radical (unpaired) electrons. The molecule has 19 heavy (non-hydrogen) atoms. The summed E-state index contributed by atoms with van der Waals surface area (Å²) in [5, 5.41) is 1.31. The Labute approximate surface area is 113 Å². The summed E-state index contributed by atoms with van der Waals surface area (Å²) >= 11 is 0. The van der Waals surface area contributed by atoms with Crippen LogP contribution in [0.1, 0.15) is 16.7 Å². The molecule has 3 rings (SSSR count). The van der Waals surface area contributed by atoms with E-state index in [1.54, 1.807) is 7.11 Å². The van der Waals surface area contributed by atoms with Crippen LogP contribution in [0, 0.1) is 6.92 Å². The third-order valence-electron chi connectivity index (χ3n) is 3.54. The lowest BCUT2D eigenvalue weighted by Gasteiger charge is -2.04. The number of rotatable bonds is 3. The van der Waals surface area contributed by atoms with Crippen LogP contribution in [0.25, 0.3) is 10.9 Å². The number of methoxy groups -OCH3 is 1. The molecule has 2 heteroatoms. The molecular formula is C17H17NO. The van der Waals surface area contributed by atoms with Gasteiger partial charge in [-0.3, -0.25) is 0 Å². The molecule has 0 aliphatic rings. The van der Waals surface area contributed by atoms with Gasteiger partial charge in [0.25, 0.3) is 0 Å². The van der Waals surface area contributed by atoms with Gasteiger partial charge in [0, 0.05) is 17.1 Å². The number of nitrogens with one attached hydrogen (secondary N) is 1. The monoisotopic (exact) mass is 251 g/mol. The molecular weight excluding hydrogens is 234 g/mol. The zero-order chi connectivity index (χ0) is 13.2. The van der Waals surface area contributed by atoms with Crippen LogP contribution in [0.15, 0.2) is 48.7 Å². The Morgan fingerprint density at radius 1 is 1.11 bits per heavy atom. The van der Waals surface area contributed by atoms with E-state index in [-0.39, 0.29) is 0 Å². The Kier molecular flexibility index (Phi) is 3.00. The number of aryl methyl sites for hydroxylation is 1. The average molecular weight is 251 g/mol. The van der Waals surface area contributed by atoms with E-state index in [1.807, 2.05) is 12.1 Å². The number of hydrogen-bond donors (Lipinski definition) is 1. The molecule has 0 unspecified atom stereocenters. The van der Waals surface area contributed by atoms with Crippen molar-refractivity contribution < 1.29 is 4.74 Å². The normalized spacial score (nSPS) is 10.8. The fraction of sp³-hybridized carbons (Fsp3) is 0.176. The molecule has 0 spiro atoms. The lowest BCUT2D eigenvalue weighted by atomic mass is 10.0. The van der Waals surface area contributed by atoms with Crippen LogP contribution in [0.5, 0.6) is 5.75 Å². The number of hydrogen-bond acceptors (Lipinski definition) is 1. The van der Waals surface area contributed by atoms with Crippen molar-refractivity contribution in [2.75, 3.05) is 7.11 Å². The Hall–Kier alpha value is -2.22. The van der Waals surface area contributed by atoms with Gasteiger partial charge in [-0.25, -0.2) is 0 Å². The van der Waals surface area contributed by atoms with E-state index in [2.05, 4.69) is 48.4 Å². The van der Waals surface area contributed by atoms with Crippen molar-refractivity contribution in [3.8, 4) is 5.75 Å². The van der Waals surface area contributed by atoms with Crippen LogP contribution >= 0.6 is 0 Å². The first-order valence-electron chi connectivity index (χ1n) is 6.46. The maximum absolute atomic E-state index is 5.27. The second kappa shape index (κ2) is 4.81. The summed E-state index contributed by atoms with van der Waals surface area (Å²) in [5.74, 6) is 0.911. The molecule has 96 valence electrons. The van der Waals surface area contributed by atoms with Gasteiger partial charge in [-0.15, -0.1) is 0 Å². The van der Waals surface area contributed by atoms with Crippen LogP contribution in [0.4, 0.5) is 0 Å². The molecule has 0 amide bonds. The predicted molar refractivity (Wildman–Crippen MR) is 78.8 cm³/mol. The summed E-state index contributed by atoms with van der Waals surface area (Å²) in [4.78, 5) is 3.37. The van der Waals surface area contributed by atoms with E-state index in [0.29, 0.717) is 0 Å². The zero-order valence-corrected chi connectivity index (χ0v) is 11.2. The number of fused-ring (bicyclic) bond motifs is 1. The molecule has 0 bridgehead atoms. The van der Waals surface area contributed by atoms with Crippen molar-refractivity contribution >= 4 is 10.9 Å². The van der Waals surface area contributed by atoms with Gasteiger partial charge in [0.15, 0.2) is 0 Å². The van der Waals surface area contributed by atoms with Gasteiger partial charge in [0.05, 0.1) is 7.11 Å². The molecule has 1 heterocycles. The maximum Gasteiger partial charge on any atom is 0.119 e. The highest BCUT2D eigenvalue weighted by atomic mass is 16.5. The third kappa shape index (κ3) is 2.22. The highest BCUT2D eigenvalue weighted by Crippen LogP contribution is 2.24. The van der Waals surface area contributed by atoms with Gasteiger partial charge in [-0.1, -0.05) is 30.3 Å². The molecule has 3 aromatic rings. The van der Waals surface area contributed by atoms with E-state index in [4.69, 9.17) is 4.74 Å². The summed E-state index contributed by atoms with van der Waals surface area (Å²) < 4.78 is 5.27. The van der Waals surface area contributed by atoms with Crippen molar-refractivity contribution in [2.24, 2.45) is 0 Å². The lowest BCUT2D eigenvalue weighted by molar-refractivity contribution is 0.414. The van der Waals surface area contributed by atoms with E-state index >= 15 is 0 Å². The first-order valence-corrected chi connectivity index (χ1v) is 6.46. The SMILES string of the molecule is COc1cccc(Cc2c[nH]c3c(C)cccc23)c1. The quantitative estimate of drug-likeness (QED) is 0.745. The minimum Gasteiger partial charge on any atom is -0.497 e. The number of aromatic nitrogens is 1. The van der Waals surface area contributed by atoms with Gasteiger partial charge < -0.3 is 9.72 Å². The minimum absolute atomic E-state index is 0.911. The Bertz CT molecular complexity index is 712. The first kappa shape index (κ1) is 11.8. The van der Waals surface area contributed by atoms with E-state index in [9.17, 15) is 0 Å². The Balaban J connectivity index is 1.99. The lowest BCUT2D eigenvalue weighted by Crippen LogP contribution is -1.89.